The second-order valence-corrected chi connectivity index (χ2v) is 7.25. The highest BCUT2D eigenvalue weighted by Gasteiger charge is 2.19. The fraction of sp³-hybridized carbons (Fsp3) is 0.391. The summed E-state index contributed by atoms with van der Waals surface area (Å²) in [6, 6.07) is 18.4. The van der Waals surface area contributed by atoms with E-state index >= 15 is 0 Å². The fourth-order valence-electron chi connectivity index (χ4n) is 3.62. The number of carbonyl (C=O) groups excluding carboxylic acids is 1. The Kier molecular flexibility index (Phi) is 10.1. The number of halogens is 1. The molecule has 0 aliphatic carbocycles. The van der Waals surface area contributed by atoms with Gasteiger partial charge in [0.15, 0.2) is 5.96 Å². The molecular formula is C23H32IN5O. The molecule has 0 atom stereocenters. The molecule has 1 saturated heterocycles. The molecule has 1 aliphatic rings. The Morgan fingerprint density at radius 1 is 1.00 bits per heavy atom. The van der Waals surface area contributed by atoms with Crippen LogP contribution in [0.3, 0.4) is 0 Å². The van der Waals surface area contributed by atoms with Crippen molar-refractivity contribution in [2.24, 2.45) is 4.99 Å². The largest absolute Gasteiger partial charge is 0.356 e. The van der Waals surface area contributed by atoms with Gasteiger partial charge in [-0.3, -0.25) is 14.7 Å². The zero-order valence-electron chi connectivity index (χ0n) is 17.8. The molecule has 1 heterocycles. The van der Waals surface area contributed by atoms with Crippen molar-refractivity contribution in [3.63, 3.8) is 0 Å². The molecule has 2 aromatic carbocycles. The van der Waals surface area contributed by atoms with Gasteiger partial charge >= 0.3 is 0 Å². The van der Waals surface area contributed by atoms with Crippen LogP contribution >= 0.6 is 24.0 Å². The number of nitrogens with zero attached hydrogens (tertiary/aromatic N) is 3. The van der Waals surface area contributed by atoms with Crippen LogP contribution in [0, 0.1) is 0 Å². The number of amides is 1. The van der Waals surface area contributed by atoms with Gasteiger partial charge in [0.2, 0.25) is 0 Å². The normalized spacial score (nSPS) is 14.7. The van der Waals surface area contributed by atoms with E-state index in [4.69, 9.17) is 0 Å². The van der Waals surface area contributed by atoms with Crippen molar-refractivity contribution >= 4 is 35.8 Å². The van der Waals surface area contributed by atoms with Gasteiger partial charge in [-0.2, -0.15) is 0 Å². The molecule has 3 rings (SSSR count). The first kappa shape index (κ1) is 24.1. The first-order valence-electron chi connectivity index (χ1n) is 10.2. The highest BCUT2D eigenvalue weighted by atomic mass is 127. The van der Waals surface area contributed by atoms with E-state index < -0.39 is 0 Å². The maximum atomic E-state index is 11.8. The van der Waals surface area contributed by atoms with Crippen molar-refractivity contribution in [2.75, 3.05) is 46.8 Å². The van der Waals surface area contributed by atoms with Gasteiger partial charge in [-0.25, -0.2) is 0 Å². The predicted molar refractivity (Wildman–Crippen MR) is 134 cm³/mol. The van der Waals surface area contributed by atoms with Crippen LogP contribution in [-0.4, -0.2) is 68.5 Å². The summed E-state index contributed by atoms with van der Waals surface area (Å²) in [5, 5.41) is 6.14. The van der Waals surface area contributed by atoms with Crippen molar-refractivity contribution in [3.05, 3.63) is 71.3 Å². The van der Waals surface area contributed by atoms with Crippen molar-refractivity contribution in [1.29, 1.82) is 0 Å². The monoisotopic (exact) mass is 521 g/mol. The molecule has 0 spiro atoms. The lowest BCUT2D eigenvalue weighted by atomic mass is 10.1. The van der Waals surface area contributed by atoms with Gasteiger partial charge in [0.05, 0.1) is 0 Å². The highest BCUT2D eigenvalue weighted by molar-refractivity contribution is 14.0. The second-order valence-electron chi connectivity index (χ2n) is 7.25. The summed E-state index contributed by atoms with van der Waals surface area (Å²) in [6.45, 7) is 5.79. The fourth-order valence-corrected chi connectivity index (χ4v) is 3.62. The third-order valence-corrected chi connectivity index (χ3v) is 5.25. The number of rotatable bonds is 6. The van der Waals surface area contributed by atoms with Gasteiger partial charge in [-0.1, -0.05) is 42.5 Å². The first-order valence-corrected chi connectivity index (χ1v) is 10.2. The highest BCUT2D eigenvalue weighted by Crippen LogP contribution is 2.09. The Morgan fingerprint density at radius 2 is 1.70 bits per heavy atom. The summed E-state index contributed by atoms with van der Waals surface area (Å²) in [4.78, 5) is 21.1. The third kappa shape index (κ3) is 6.98. The number of carbonyl (C=O) groups is 1. The van der Waals surface area contributed by atoms with Gasteiger partial charge in [0.25, 0.3) is 5.91 Å². The summed E-state index contributed by atoms with van der Waals surface area (Å²) in [6.07, 6.45) is 0.845. The van der Waals surface area contributed by atoms with E-state index in [-0.39, 0.29) is 29.9 Å². The minimum absolute atomic E-state index is 0. The minimum Gasteiger partial charge on any atom is -0.356 e. The van der Waals surface area contributed by atoms with E-state index in [2.05, 4.69) is 61.8 Å². The van der Waals surface area contributed by atoms with Gasteiger partial charge in [0, 0.05) is 58.9 Å². The van der Waals surface area contributed by atoms with Crippen molar-refractivity contribution < 1.29 is 4.79 Å². The maximum Gasteiger partial charge on any atom is 0.251 e. The van der Waals surface area contributed by atoms with Crippen molar-refractivity contribution in [3.8, 4) is 0 Å². The van der Waals surface area contributed by atoms with Crippen molar-refractivity contribution in [1.82, 2.24) is 20.4 Å². The van der Waals surface area contributed by atoms with E-state index in [9.17, 15) is 4.79 Å². The van der Waals surface area contributed by atoms with E-state index in [0.29, 0.717) is 5.56 Å². The molecule has 30 heavy (non-hydrogen) atoms. The molecule has 0 radical (unpaired) electrons. The number of aliphatic imine (C=N–C) groups is 1. The molecule has 0 aromatic heterocycles. The van der Waals surface area contributed by atoms with Crippen LogP contribution in [0.2, 0.25) is 0 Å². The van der Waals surface area contributed by atoms with E-state index in [1.165, 1.54) is 5.56 Å². The molecule has 1 aliphatic heterocycles. The summed E-state index contributed by atoms with van der Waals surface area (Å²) in [5.41, 5.74) is 3.20. The Bertz CT molecular complexity index is 819. The number of piperazine rings is 1. The van der Waals surface area contributed by atoms with Crippen LogP contribution in [0.5, 0.6) is 0 Å². The van der Waals surface area contributed by atoms with Gasteiger partial charge in [0.1, 0.15) is 0 Å². The Hall–Kier alpha value is -2.13. The minimum atomic E-state index is -0.0519. The number of benzene rings is 2. The van der Waals surface area contributed by atoms with Crippen LogP contribution < -0.4 is 10.6 Å². The lowest BCUT2D eigenvalue weighted by Gasteiger charge is -2.36. The zero-order valence-corrected chi connectivity index (χ0v) is 20.1. The first-order chi connectivity index (χ1) is 14.2. The summed E-state index contributed by atoms with van der Waals surface area (Å²) < 4.78 is 0. The third-order valence-electron chi connectivity index (χ3n) is 5.25. The van der Waals surface area contributed by atoms with Crippen LogP contribution in [0.4, 0.5) is 0 Å². The molecule has 6 nitrogen and oxygen atoms in total. The smallest absolute Gasteiger partial charge is 0.251 e. The molecular weight excluding hydrogens is 489 g/mol. The van der Waals surface area contributed by atoms with Crippen LogP contribution in [0.1, 0.15) is 21.5 Å². The summed E-state index contributed by atoms with van der Waals surface area (Å²) >= 11 is 0. The molecule has 1 amide bonds. The van der Waals surface area contributed by atoms with Crippen LogP contribution in [0.25, 0.3) is 0 Å². The summed E-state index contributed by atoms with van der Waals surface area (Å²) in [5.74, 6) is 0.899. The standard InChI is InChI=1S/C23H31N5O.HI/c1-24-22(29)21-10-6-9-19(17-21)11-12-26-23(25-2)28-15-13-27(14-16-28)18-20-7-4-3-5-8-20;/h3-10,17H,11-16,18H2,1-2H3,(H,24,29)(H,25,26);1H. The molecule has 0 bridgehead atoms. The average molecular weight is 521 g/mol. The molecule has 7 heteroatoms. The van der Waals surface area contributed by atoms with E-state index in [0.717, 1.165) is 57.2 Å². The maximum absolute atomic E-state index is 11.8. The summed E-state index contributed by atoms with van der Waals surface area (Å²) in [7, 11) is 3.49. The number of hydrogen-bond acceptors (Lipinski definition) is 3. The number of nitrogens with one attached hydrogen (secondary N) is 2. The quantitative estimate of drug-likeness (QED) is 0.349. The molecule has 2 N–H and O–H groups in total. The van der Waals surface area contributed by atoms with E-state index in [1.807, 2.05) is 25.2 Å². The van der Waals surface area contributed by atoms with Crippen molar-refractivity contribution in [2.45, 2.75) is 13.0 Å². The van der Waals surface area contributed by atoms with Gasteiger partial charge in [-0.15, -0.1) is 24.0 Å². The van der Waals surface area contributed by atoms with Crippen LogP contribution in [0.15, 0.2) is 59.6 Å². The Balaban J connectivity index is 0.00000320. The molecule has 0 unspecified atom stereocenters. The average Bonchev–Trinajstić information content (AvgIpc) is 2.78. The lowest BCUT2D eigenvalue weighted by molar-refractivity contribution is 0.0963. The Labute approximate surface area is 196 Å². The predicted octanol–water partition coefficient (Wildman–Crippen LogP) is 2.60. The molecule has 2 aromatic rings. The molecule has 162 valence electrons. The number of hydrogen-bond donors (Lipinski definition) is 2. The Morgan fingerprint density at radius 3 is 2.37 bits per heavy atom. The SMILES string of the molecule is CN=C(NCCc1cccc(C(=O)NC)c1)N1CCN(Cc2ccccc2)CC1.I. The van der Waals surface area contributed by atoms with Crippen LogP contribution in [-0.2, 0) is 13.0 Å². The lowest BCUT2D eigenvalue weighted by Crippen LogP contribution is -2.52. The zero-order chi connectivity index (χ0) is 20.5. The molecule has 0 saturated carbocycles. The number of guanidine groups is 1. The van der Waals surface area contributed by atoms with Gasteiger partial charge < -0.3 is 15.5 Å². The van der Waals surface area contributed by atoms with Gasteiger partial charge in [-0.05, 0) is 29.7 Å². The van der Waals surface area contributed by atoms with E-state index in [1.54, 1.807) is 7.05 Å². The second kappa shape index (κ2) is 12.5. The topological polar surface area (TPSA) is 60.0 Å². The molecule has 1 fully saturated rings.